The first-order chi connectivity index (χ1) is 60.2. The average Bonchev–Trinajstić information content (AvgIpc) is 0.748. The minimum Gasteiger partial charge on any atom is -0.504 e. The van der Waals surface area contributed by atoms with E-state index in [1.54, 1.807) is 145 Å². The van der Waals surface area contributed by atoms with Crippen molar-refractivity contribution < 1.29 is 148 Å². The molecule has 126 heavy (non-hydrogen) atoms. The van der Waals surface area contributed by atoms with Crippen LogP contribution in [0.2, 0.25) is 0 Å². The number of ketones is 1. The number of methoxy groups -OCH3 is 17. The fourth-order valence-electron chi connectivity index (χ4n) is 14.6. The van der Waals surface area contributed by atoms with Gasteiger partial charge in [0.25, 0.3) is 23.6 Å². The molecule has 35 nitrogen and oxygen atoms in total. The summed E-state index contributed by atoms with van der Waals surface area (Å²) in [5.41, 5.74) is 1.49. The van der Waals surface area contributed by atoms with Crippen LogP contribution in [-0.4, -0.2) is 195 Å². The van der Waals surface area contributed by atoms with Crippen LogP contribution >= 0.6 is 0 Å². The first kappa shape index (κ1) is 93.3. The third-order valence-corrected chi connectivity index (χ3v) is 20.7. The average molecular weight is 1740 g/mol. The topological polar surface area (TPSA) is 395 Å². The summed E-state index contributed by atoms with van der Waals surface area (Å²) in [6, 6.07) is 36.1. The Hall–Kier alpha value is -15.0. The third-order valence-electron chi connectivity index (χ3n) is 20.7. The van der Waals surface area contributed by atoms with Gasteiger partial charge in [-0.2, -0.15) is 0 Å². The van der Waals surface area contributed by atoms with Gasteiger partial charge in [-0.3, -0.25) is 53.2 Å². The van der Waals surface area contributed by atoms with Crippen molar-refractivity contribution >= 4 is 70.1 Å². The molecule has 4 aliphatic rings. The standard InChI is InChI=1S/C28H27NO8.C22H25NO8.C21H21NO8.C20H23NO7/c1-16-25(29(27(16)30)19-14-23(34-4)26(36-6)24(15-19)35-5)18-9-12-21(33-3)22(13-18)37-28(31)17-7-10-20(32-2)11-8-17;1-12(24)31-16-9-13(7-8-15(16)27-3)20-22(2,26)21(25)23(20)14-10-17(28-4)19(30-6)18(11-14)29-5;1-11(23)30-15-8-12(6-7-14(15)26-2)18-19(24)21(25)22(18)13-9-16(27-3)20(29-5)17(10-13)28-4;1-20(24)18(11-6-7-14(25-2)13(22)8-11)21(19(20)23)12-9-15(26-3)17(28-5)16(10-12)27-4/h7-15,25H,1H2,2-6H3;7-11,20,26H,1-6H3;6-10,18H,1-5H3;6-10,18,22,24H,1-5H3/t25-;20-,22+;18-;18-,20+/m1000/s1. The molecule has 6 atom stereocenters. The molecule has 9 aromatic rings. The molecule has 0 saturated carbocycles. The summed E-state index contributed by atoms with van der Waals surface area (Å²) in [6.45, 7) is 9.37. The van der Waals surface area contributed by atoms with Crippen LogP contribution in [0.25, 0.3) is 0 Å². The van der Waals surface area contributed by atoms with Crippen LogP contribution in [0.1, 0.15) is 84.5 Å². The van der Waals surface area contributed by atoms with E-state index in [9.17, 15) is 53.7 Å². The summed E-state index contributed by atoms with van der Waals surface area (Å²) in [5.74, 6) is 2.82. The summed E-state index contributed by atoms with van der Waals surface area (Å²) < 4.78 is 106. The van der Waals surface area contributed by atoms with Crippen molar-refractivity contribution in [1.82, 2.24) is 0 Å². The number of amides is 4. The SMILES string of the molecule is C=C1C(=O)N(c2cc(OC)c(OC)c(OC)c2)[C@H]1c1ccc(OC)c(OC(=O)c2ccc(OC)cc2)c1.COc1ccc([C@@H]2N(c3cc(OC)c(OC)c(OC)c3)C(=O)[C@]2(C)O)cc1O.COc1ccc([C@@H]2N(c3cc(OC)c(OC)c(OC)c3)C(=O)[C@]2(C)O)cc1OC(C)=O.COc1ccc([C@H]2C(=O)C(=O)N2c2cc(OC)c(OC)c(OC)c2)cc1OC(C)=O. The number of anilines is 4. The zero-order valence-electron chi connectivity index (χ0n) is 72.9. The highest BCUT2D eigenvalue weighted by molar-refractivity contribution is 6.51. The summed E-state index contributed by atoms with van der Waals surface area (Å²) in [6.07, 6.45) is 0. The van der Waals surface area contributed by atoms with Gasteiger partial charge in [-0.25, -0.2) is 4.79 Å². The van der Waals surface area contributed by atoms with E-state index in [4.69, 9.17) is 94.7 Å². The maximum Gasteiger partial charge on any atom is 0.343 e. The molecule has 0 radical (unpaired) electrons. The number of carbonyl (C=O) groups is 8. The fourth-order valence-corrected chi connectivity index (χ4v) is 14.6. The minimum absolute atomic E-state index is 0.0833. The summed E-state index contributed by atoms with van der Waals surface area (Å²) >= 11 is 0. The van der Waals surface area contributed by atoms with Gasteiger partial charge in [-0.15, -0.1) is 0 Å². The van der Waals surface area contributed by atoms with Gasteiger partial charge in [0.15, 0.2) is 103 Å². The monoisotopic (exact) mass is 1740 g/mol. The number of esters is 3. The molecule has 0 aliphatic carbocycles. The normalized spacial score (nSPS) is 17.5. The Balaban J connectivity index is 0.000000176. The molecule has 35 heteroatoms. The second kappa shape index (κ2) is 39.5. The highest BCUT2D eigenvalue weighted by Crippen LogP contribution is 2.55. The maximum atomic E-state index is 12.9. The number of β-lactam (4-membered cyclic amide) rings is 4. The number of phenols is 1. The number of benzene rings is 9. The fraction of sp³-hybridized carbons (Fsp3) is 0.297. The molecule has 0 unspecified atom stereocenters. The van der Waals surface area contributed by atoms with Crippen molar-refractivity contribution in [3.05, 3.63) is 186 Å². The number of ether oxygens (including phenoxy) is 20. The van der Waals surface area contributed by atoms with Crippen molar-refractivity contribution in [2.75, 3.05) is 140 Å². The number of rotatable bonds is 29. The van der Waals surface area contributed by atoms with Crippen LogP contribution in [0, 0.1) is 0 Å². The van der Waals surface area contributed by atoms with Crippen LogP contribution in [0.15, 0.2) is 158 Å². The molecule has 4 fully saturated rings. The third kappa shape index (κ3) is 18.1. The molecule has 4 heterocycles. The van der Waals surface area contributed by atoms with Gasteiger partial charge >= 0.3 is 17.9 Å². The number of phenolic OH excluding ortho intramolecular Hbond substituents is 1. The van der Waals surface area contributed by atoms with E-state index in [1.807, 2.05) is 0 Å². The first-order valence-electron chi connectivity index (χ1n) is 38.1. The molecule has 0 spiro atoms. The van der Waals surface area contributed by atoms with Crippen LogP contribution in [0.5, 0.6) is 121 Å². The Morgan fingerprint density at radius 2 is 0.603 bits per heavy atom. The molecule has 3 N–H and O–H groups in total. The smallest absolute Gasteiger partial charge is 0.343 e. The Kier molecular flexibility index (Phi) is 29.2. The summed E-state index contributed by atoms with van der Waals surface area (Å²) in [5, 5.41) is 31.7. The number of aliphatic hydroxyl groups is 2. The lowest BCUT2D eigenvalue weighted by atomic mass is 9.78. The second-order valence-corrected chi connectivity index (χ2v) is 28.0. The van der Waals surface area contributed by atoms with Crippen LogP contribution < -0.4 is 114 Å². The van der Waals surface area contributed by atoms with Gasteiger partial charge in [0, 0.05) is 68.0 Å². The van der Waals surface area contributed by atoms with Gasteiger partial charge in [0.2, 0.25) is 28.8 Å². The molecule has 9 aromatic carbocycles. The first-order valence-corrected chi connectivity index (χ1v) is 38.1. The van der Waals surface area contributed by atoms with E-state index in [0.29, 0.717) is 154 Å². The predicted molar refractivity (Wildman–Crippen MR) is 455 cm³/mol. The zero-order valence-corrected chi connectivity index (χ0v) is 72.9. The van der Waals surface area contributed by atoms with Crippen molar-refractivity contribution in [3.8, 4) is 121 Å². The van der Waals surface area contributed by atoms with E-state index >= 15 is 0 Å². The van der Waals surface area contributed by atoms with Crippen LogP contribution in [0.3, 0.4) is 0 Å². The van der Waals surface area contributed by atoms with E-state index in [0.717, 1.165) is 0 Å². The lowest BCUT2D eigenvalue weighted by molar-refractivity contribution is -0.151. The van der Waals surface area contributed by atoms with Crippen molar-refractivity contribution in [1.29, 1.82) is 0 Å². The zero-order chi connectivity index (χ0) is 92.2. The molecule has 0 aromatic heterocycles. The second-order valence-electron chi connectivity index (χ2n) is 28.0. The lowest BCUT2D eigenvalue weighted by Gasteiger charge is -2.51. The van der Waals surface area contributed by atoms with Crippen molar-refractivity contribution in [2.24, 2.45) is 0 Å². The number of hydrogen-bond acceptors (Lipinski definition) is 31. The highest BCUT2D eigenvalue weighted by atomic mass is 16.6. The molecular formula is C91H96N4O31. The van der Waals surface area contributed by atoms with E-state index in [1.165, 1.54) is 168 Å². The Labute approximate surface area is 725 Å². The van der Waals surface area contributed by atoms with E-state index in [-0.39, 0.29) is 28.9 Å². The van der Waals surface area contributed by atoms with Crippen molar-refractivity contribution in [3.63, 3.8) is 0 Å². The summed E-state index contributed by atoms with van der Waals surface area (Å²) in [4.78, 5) is 105. The van der Waals surface area contributed by atoms with Crippen LogP contribution in [-0.2, 0) is 33.6 Å². The van der Waals surface area contributed by atoms with Gasteiger partial charge in [0.05, 0.1) is 167 Å². The highest BCUT2D eigenvalue weighted by Gasteiger charge is 2.60. The molecular weight excluding hydrogens is 1640 g/mol. The molecule has 4 aliphatic heterocycles. The largest absolute Gasteiger partial charge is 0.504 e. The van der Waals surface area contributed by atoms with Gasteiger partial charge in [0.1, 0.15) is 11.8 Å². The van der Waals surface area contributed by atoms with E-state index < -0.39 is 76.8 Å². The minimum atomic E-state index is -1.68. The predicted octanol–water partition coefficient (Wildman–Crippen LogP) is 11.6. The molecule has 666 valence electrons. The molecule has 0 bridgehead atoms. The van der Waals surface area contributed by atoms with Crippen molar-refractivity contribution in [2.45, 2.75) is 63.1 Å². The molecule has 4 amide bonds. The number of carbonyl (C=O) groups excluding carboxylic acids is 8. The Bertz CT molecular complexity index is 5550. The summed E-state index contributed by atoms with van der Waals surface area (Å²) in [7, 11) is 25.1. The number of nitrogens with zero attached hydrogens (tertiary/aromatic N) is 4. The number of Topliss-reactive ketones (excluding diaryl/α,β-unsaturated/α-hetero) is 1. The molecule has 13 rings (SSSR count). The number of aromatic hydroxyl groups is 1. The van der Waals surface area contributed by atoms with Gasteiger partial charge in [-0.1, -0.05) is 30.8 Å². The van der Waals surface area contributed by atoms with Crippen LogP contribution in [0.4, 0.5) is 22.7 Å². The Morgan fingerprint density at radius 3 is 0.913 bits per heavy atom. The number of hydrogen-bond donors (Lipinski definition) is 3. The molecule has 4 saturated heterocycles. The Morgan fingerprint density at radius 1 is 0.317 bits per heavy atom. The maximum absolute atomic E-state index is 12.9. The van der Waals surface area contributed by atoms with E-state index in [2.05, 4.69) is 6.58 Å². The van der Waals surface area contributed by atoms with Gasteiger partial charge in [-0.05, 0) is 109 Å². The quantitative estimate of drug-likeness (QED) is 0.0129. The lowest BCUT2D eigenvalue weighted by Crippen LogP contribution is -2.67. The van der Waals surface area contributed by atoms with Gasteiger partial charge < -0.3 is 110 Å².